The minimum atomic E-state index is -3.68. The van der Waals surface area contributed by atoms with Crippen LogP contribution in [0.5, 0.6) is 0 Å². The first-order valence-corrected chi connectivity index (χ1v) is 10.5. The number of thiophene rings is 1. The van der Waals surface area contributed by atoms with Crippen LogP contribution in [0.4, 0.5) is 21.9 Å². The molecule has 1 aromatic heterocycles. The molecule has 0 spiro atoms. The summed E-state index contributed by atoms with van der Waals surface area (Å²) in [6.07, 6.45) is 0. The Kier molecular flexibility index (Phi) is 5.60. The van der Waals surface area contributed by atoms with Crippen LogP contribution >= 0.6 is 27.3 Å². The number of urea groups is 1. The number of benzene rings is 2. The molecule has 26 heavy (non-hydrogen) atoms. The van der Waals surface area contributed by atoms with Crippen LogP contribution in [-0.2, 0) is 10.0 Å². The summed E-state index contributed by atoms with van der Waals surface area (Å²) in [5.41, 5.74) is 1.48. The molecule has 0 aliphatic rings. The lowest BCUT2D eigenvalue weighted by Crippen LogP contribution is -2.19. The molecule has 0 radical (unpaired) electrons. The minimum Gasteiger partial charge on any atom is -0.308 e. The second-order valence-corrected chi connectivity index (χ2v) is 9.56. The predicted molar refractivity (Wildman–Crippen MR) is 108 cm³/mol. The molecule has 9 heteroatoms. The standard InChI is InChI=1S/C17H14BrN3O3S2/c18-15-9-10-16(25-15)26(23,24)21-14-8-4-7-13(11-14)20-17(22)19-12-5-2-1-3-6-12/h1-11,21H,(H2,19,20,22). The van der Waals surface area contributed by atoms with Gasteiger partial charge in [0, 0.05) is 11.4 Å². The van der Waals surface area contributed by atoms with Gasteiger partial charge in [-0.2, -0.15) is 0 Å². The molecule has 0 bridgehead atoms. The maximum Gasteiger partial charge on any atom is 0.323 e. The monoisotopic (exact) mass is 451 g/mol. The van der Waals surface area contributed by atoms with Gasteiger partial charge < -0.3 is 10.6 Å². The van der Waals surface area contributed by atoms with Gasteiger partial charge in [0.25, 0.3) is 10.0 Å². The van der Waals surface area contributed by atoms with Crippen LogP contribution in [0.3, 0.4) is 0 Å². The number of hydrogen-bond donors (Lipinski definition) is 3. The fourth-order valence-corrected chi connectivity index (χ4v) is 5.18. The van der Waals surface area contributed by atoms with Gasteiger partial charge in [-0.15, -0.1) is 11.3 Å². The summed E-state index contributed by atoms with van der Waals surface area (Å²) >= 11 is 4.36. The van der Waals surface area contributed by atoms with Crippen molar-refractivity contribution in [2.24, 2.45) is 0 Å². The van der Waals surface area contributed by atoms with E-state index in [0.29, 0.717) is 17.1 Å². The third-order valence-electron chi connectivity index (χ3n) is 3.22. The van der Waals surface area contributed by atoms with Crippen molar-refractivity contribution in [2.75, 3.05) is 15.4 Å². The lowest BCUT2D eigenvalue weighted by atomic mass is 10.3. The average Bonchev–Trinajstić information content (AvgIpc) is 3.03. The highest BCUT2D eigenvalue weighted by Crippen LogP contribution is 2.28. The maximum absolute atomic E-state index is 12.4. The number of para-hydroxylation sites is 1. The van der Waals surface area contributed by atoms with Crippen molar-refractivity contribution in [2.45, 2.75) is 4.21 Å². The Labute approximate surface area is 163 Å². The molecule has 3 rings (SSSR count). The first-order valence-electron chi connectivity index (χ1n) is 7.44. The van der Waals surface area contributed by atoms with Crippen molar-refractivity contribution in [3.05, 3.63) is 70.5 Å². The Bertz CT molecular complexity index is 1020. The molecule has 0 aliphatic heterocycles. The SMILES string of the molecule is O=C(Nc1ccccc1)Nc1cccc(NS(=O)(=O)c2ccc(Br)s2)c1. The van der Waals surface area contributed by atoms with Crippen LogP contribution in [0.25, 0.3) is 0 Å². The highest BCUT2D eigenvalue weighted by molar-refractivity contribution is 9.11. The van der Waals surface area contributed by atoms with Crippen LogP contribution < -0.4 is 15.4 Å². The van der Waals surface area contributed by atoms with E-state index >= 15 is 0 Å². The largest absolute Gasteiger partial charge is 0.323 e. The van der Waals surface area contributed by atoms with Gasteiger partial charge in [0.15, 0.2) is 0 Å². The molecule has 2 aromatic carbocycles. The van der Waals surface area contributed by atoms with Gasteiger partial charge >= 0.3 is 6.03 Å². The predicted octanol–water partition coefficient (Wildman–Crippen LogP) is 4.96. The van der Waals surface area contributed by atoms with E-state index in [-0.39, 0.29) is 4.21 Å². The fraction of sp³-hybridized carbons (Fsp3) is 0. The molecular formula is C17H14BrN3O3S2. The molecule has 3 N–H and O–H groups in total. The number of rotatable bonds is 5. The summed E-state index contributed by atoms with van der Waals surface area (Å²) in [6, 6.07) is 18.3. The van der Waals surface area contributed by atoms with Crippen LogP contribution in [0.15, 0.2) is 74.7 Å². The van der Waals surface area contributed by atoms with Gasteiger partial charge in [0.05, 0.1) is 9.47 Å². The van der Waals surface area contributed by atoms with Crippen molar-refractivity contribution in [3.8, 4) is 0 Å². The van der Waals surface area contributed by atoms with Crippen LogP contribution in [-0.4, -0.2) is 14.4 Å². The zero-order valence-corrected chi connectivity index (χ0v) is 16.5. The third-order valence-corrected chi connectivity index (χ3v) is 6.71. The molecule has 0 saturated carbocycles. The van der Waals surface area contributed by atoms with Gasteiger partial charge in [-0.1, -0.05) is 24.3 Å². The summed E-state index contributed by atoms with van der Waals surface area (Å²) < 4.78 is 28.2. The maximum atomic E-state index is 12.4. The quantitative estimate of drug-likeness (QED) is 0.512. The lowest BCUT2D eigenvalue weighted by molar-refractivity contribution is 0.262. The minimum absolute atomic E-state index is 0.199. The molecule has 3 aromatic rings. The number of sulfonamides is 1. The van der Waals surface area contributed by atoms with Gasteiger partial charge in [0.2, 0.25) is 0 Å². The van der Waals surface area contributed by atoms with E-state index in [1.165, 1.54) is 6.07 Å². The smallest absolute Gasteiger partial charge is 0.308 e. The number of amides is 2. The Morgan fingerprint density at radius 2 is 1.50 bits per heavy atom. The summed E-state index contributed by atoms with van der Waals surface area (Å²) in [5.74, 6) is 0. The average molecular weight is 452 g/mol. The number of halogens is 1. The van der Waals surface area contributed by atoms with Gasteiger partial charge in [0.1, 0.15) is 4.21 Å². The number of nitrogens with one attached hydrogen (secondary N) is 3. The Hall–Kier alpha value is -2.36. The number of carbonyl (C=O) groups excluding carboxylic acids is 1. The zero-order chi connectivity index (χ0) is 18.6. The van der Waals surface area contributed by atoms with E-state index < -0.39 is 16.1 Å². The van der Waals surface area contributed by atoms with E-state index in [4.69, 9.17) is 0 Å². The number of anilines is 3. The molecule has 0 fully saturated rings. The van der Waals surface area contributed by atoms with Crippen LogP contribution in [0.2, 0.25) is 0 Å². The molecule has 0 saturated heterocycles. The molecule has 1 heterocycles. The lowest BCUT2D eigenvalue weighted by Gasteiger charge is -2.10. The normalized spacial score (nSPS) is 11.0. The van der Waals surface area contributed by atoms with E-state index in [9.17, 15) is 13.2 Å². The number of hydrogen-bond acceptors (Lipinski definition) is 4. The van der Waals surface area contributed by atoms with Gasteiger partial charge in [-0.3, -0.25) is 4.72 Å². The molecular weight excluding hydrogens is 438 g/mol. The number of carbonyl (C=O) groups is 1. The highest BCUT2D eigenvalue weighted by atomic mass is 79.9. The van der Waals surface area contributed by atoms with E-state index in [1.54, 1.807) is 42.5 Å². The van der Waals surface area contributed by atoms with E-state index in [1.807, 2.05) is 18.2 Å². The first kappa shape index (κ1) is 18.4. The van der Waals surface area contributed by atoms with E-state index in [0.717, 1.165) is 15.1 Å². The van der Waals surface area contributed by atoms with Crippen molar-refractivity contribution in [1.29, 1.82) is 0 Å². The van der Waals surface area contributed by atoms with Crippen molar-refractivity contribution in [1.82, 2.24) is 0 Å². The van der Waals surface area contributed by atoms with Crippen molar-refractivity contribution in [3.63, 3.8) is 0 Å². The molecule has 134 valence electrons. The van der Waals surface area contributed by atoms with E-state index in [2.05, 4.69) is 31.3 Å². The second-order valence-electron chi connectivity index (χ2n) is 5.19. The Balaban J connectivity index is 1.69. The van der Waals surface area contributed by atoms with Crippen molar-refractivity contribution < 1.29 is 13.2 Å². The molecule has 6 nitrogen and oxygen atoms in total. The summed E-state index contributed by atoms with van der Waals surface area (Å²) in [5, 5.41) is 5.37. The van der Waals surface area contributed by atoms with Crippen LogP contribution in [0, 0.1) is 0 Å². The Morgan fingerprint density at radius 1 is 0.846 bits per heavy atom. The molecule has 2 amide bonds. The summed E-state index contributed by atoms with van der Waals surface area (Å²) in [4.78, 5) is 12.0. The van der Waals surface area contributed by atoms with Crippen molar-refractivity contribution >= 4 is 60.4 Å². The first-order chi connectivity index (χ1) is 12.4. The van der Waals surface area contributed by atoms with Gasteiger partial charge in [-0.25, -0.2) is 13.2 Å². The zero-order valence-electron chi connectivity index (χ0n) is 13.3. The highest BCUT2D eigenvalue weighted by Gasteiger charge is 2.16. The van der Waals surface area contributed by atoms with Gasteiger partial charge in [-0.05, 0) is 58.4 Å². The Morgan fingerprint density at radius 3 is 2.19 bits per heavy atom. The molecule has 0 aliphatic carbocycles. The second kappa shape index (κ2) is 7.90. The van der Waals surface area contributed by atoms with Crippen LogP contribution in [0.1, 0.15) is 0 Å². The third kappa shape index (κ3) is 4.84. The summed E-state index contributed by atoms with van der Waals surface area (Å²) in [6.45, 7) is 0. The fourth-order valence-electron chi connectivity index (χ4n) is 2.12. The summed E-state index contributed by atoms with van der Waals surface area (Å²) in [7, 11) is -3.68. The molecule has 0 atom stereocenters. The molecule has 0 unspecified atom stereocenters. The topological polar surface area (TPSA) is 87.3 Å².